The quantitative estimate of drug-likeness (QED) is 0.370. The van der Waals surface area contributed by atoms with Crippen molar-refractivity contribution in [2.45, 2.75) is 52.0 Å². The summed E-state index contributed by atoms with van der Waals surface area (Å²) in [5, 5.41) is 9.28. The average Bonchev–Trinajstić information content (AvgIpc) is 3.08. The standard InChI is InChI=1S/C19H34N4S.HI/c1-15(2)13-23-10-8-16(9-11-23)22-18(20-5)21-14-19(3,4)17-7-6-12-24-17;/h6-7,12,15-16H,8-11,13-14H2,1-5H3,(H2,20,21,22);1H. The van der Waals surface area contributed by atoms with E-state index in [2.05, 4.69) is 65.7 Å². The highest BCUT2D eigenvalue weighted by atomic mass is 127. The fourth-order valence-corrected chi connectivity index (χ4v) is 4.07. The summed E-state index contributed by atoms with van der Waals surface area (Å²) >= 11 is 1.82. The lowest BCUT2D eigenvalue weighted by Crippen LogP contribution is -2.50. The Balaban J connectivity index is 0.00000312. The van der Waals surface area contributed by atoms with Gasteiger partial charge in [0.05, 0.1) is 0 Å². The van der Waals surface area contributed by atoms with Gasteiger partial charge in [-0.1, -0.05) is 33.8 Å². The predicted octanol–water partition coefficient (Wildman–Crippen LogP) is 3.93. The SMILES string of the molecule is CN=C(NCC(C)(C)c1cccs1)NC1CCN(CC(C)C)CC1.I. The highest BCUT2D eigenvalue weighted by molar-refractivity contribution is 14.0. The van der Waals surface area contributed by atoms with Crippen LogP contribution < -0.4 is 10.6 Å². The third kappa shape index (κ3) is 7.43. The molecule has 0 saturated carbocycles. The number of halogens is 1. The average molecular weight is 478 g/mol. The Morgan fingerprint density at radius 1 is 1.36 bits per heavy atom. The molecule has 1 aromatic rings. The van der Waals surface area contributed by atoms with Gasteiger partial charge in [0.25, 0.3) is 0 Å². The number of hydrogen-bond acceptors (Lipinski definition) is 3. The van der Waals surface area contributed by atoms with Crippen LogP contribution in [0.4, 0.5) is 0 Å². The van der Waals surface area contributed by atoms with Crippen LogP contribution in [0.1, 0.15) is 45.4 Å². The van der Waals surface area contributed by atoms with Crippen LogP contribution in [0.25, 0.3) is 0 Å². The molecule has 4 nitrogen and oxygen atoms in total. The van der Waals surface area contributed by atoms with Crippen LogP contribution in [0.3, 0.4) is 0 Å². The van der Waals surface area contributed by atoms with Crippen molar-refractivity contribution in [1.82, 2.24) is 15.5 Å². The first-order chi connectivity index (χ1) is 11.4. The molecule has 25 heavy (non-hydrogen) atoms. The van der Waals surface area contributed by atoms with Crippen LogP contribution in [-0.4, -0.2) is 50.1 Å². The highest BCUT2D eigenvalue weighted by Gasteiger charge is 2.24. The van der Waals surface area contributed by atoms with Gasteiger partial charge >= 0.3 is 0 Å². The third-order valence-corrected chi connectivity index (χ3v) is 5.90. The maximum Gasteiger partial charge on any atom is 0.191 e. The molecule has 2 rings (SSSR count). The first kappa shape index (κ1) is 22.7. The molecule has 2 N–H and O–H groups in total. The second kappa shape index (κ2) is 10.7. The Kier molecular flexibility index (Phi) is 9.74. The Morgan fingerprint density at radius 3 is 2.56 bits per heavy atom. The minimum Gasteiger partial charge on any atom is -0.356 e. The molecule has 0 radical (unpaired) electrons. The summed E-state index contributed by atoms with van der Waals surface area (Å²) in [7, 11) is 1.86. The van der Waals surface area contributed by atoms with Crippen molar-refractivity contribution in [1.29, 1.82) is 0 Å². The van der Waals surface area contributed by atoms with Crippen molar-refractivity contribution in [2.75, 3.05) is 33.2 Å². The topological polar surface area (TPSA) is 39.7 Å². The maximum atomic E-state index is 4.42. The Morgan fingerprint density at radius 2 is 2.04 bits per heavy atom. The number of thiophene rings is 1. The Labute approximate surface area is 174 Å². The van der Waals surface area contributed by atoms with Crippen LogP contribution >= 0.6 is 35.3 Å². The normalized spacial score (nSPS) is 17.4. The van der Waals surface area contributed by atoms with Gasteiger partial charge in [0, 0.05) is 49.6 Å². The van der Waals surface area contributed by atoms with E-state index >= 15 is 0 Å². The number of hydrogen-bond donors (Lipinski definition) is 2. The van der Waals surface area contributed by atoms with Crippen LogP contribution in [0.2, 0.25) is 0 Å². The van der Waals surface area contributed by atoms with Crippen LogP contribution in [0.15, 0.2) is 22.5 Å². The number of likely N-dealkylation sites (tertiary alicyclic amines) is 1. The summed E-state index contributed by atoms with van der Waals surface area (Å²) in [6.45, 7) is 13.6. The number of nitrogens with zero attached hydrogens (tertiary/aromatic N) is 2. The second-order valence-electron chi connectivity index (χ2n) is 7.90. The van der Waals surface area contributed by atoms with Gasteiger partial charge in [-0.2, -0.15) is 0 Å². The molecule has 144 valence electrons. The molecule has 0 amide bonds. The summed E-state index contributed by atoms with van der Waals surface area (Å²) < 4.78 is 0. The Bertz CT molecular complexity index is 506. The predicted molar refractivity (Wildman–Crippen MR) is 122 cm³/mol. The molecule has 0 bridgehead atoms. The second-order valence-corrected chi connectivity index (χ2v) is 8.85. The molecule has 0 unspecified atom stereocenters. The molecule has 1 aromatic heterocycles. The minimum absolute atomic E-state index is 0. The summed E-state index contributed by atoms with van der Waals surface area (Å²) in [6.07, 6.45) is 2.39. The minimum atomic E-state index is 0. The zero-order valence-electron chi connectivity index (χ0n) is 16.3. The summed E-state index contributed by atoms with van der Waals surface area (Å²) in [4.78, 5) is 8.41. The molecular weight excluding hydrogens is 443 g/mol. The zero-order chi connectivity index (χ0) is 17.6. The van der Waals surface area contributed by atoms with E-state index in [4.69, 9.17) is 0 Å². The van der Waals surface area contributed by atoms with E-state index in [-0.39, 0.29) is 29.4 Å². The van der Waals surface area contributed by atoms with E-state index in [0.29, 0.717) is 6.04 Å². The molecule has 2 heterocycles. The summed E-state index contributed by atoms with van der Waals surface area (Å²) in [6, 6.07) is 4.87. The molecule has 1 fully saturated rings. The van der Waals surface area contributed by atoms with Gasteiger partial charge in [0.15, 0.2) is 5.96 Å². The molecule has 1 saturated heterocycles. The van der Waals surface area contributed by atoms with Crippen molar-refractivity contribution in [3.63, 3.8) is 0 Å². The number of guanidine groups is 1. The van der Waals surface area contributed by atoms with Crippen molar-refractivity contribution in [3.05, 3.63) is 22.4 Å². The van der Waals surface area contributed by atoms with Crippen LogP contribution in [0, 0.1) is 5.92 Å². The van der Waals surface area contributed by atoms with Gasteiger partial charge in [-0.15, -0.1) is 35.3 Å². The van der Waals surface area contributed by atoms with E-state index in [1.165, 1.54) is 37.4 Å². The molecule has 0 spiro atoms. The van der Waals surface area contributed by atoms with Gasteiger partial charge in [0.2, 0.25) is 0 Å². The third-order valence-electron chi connectivity index (χ3n) is 4.66. The summed E-state index contributed by atoms with van der Waals surface area (Å²) in [5.74, 6) is 1.69. The lowest BCUT2D eigenvalue weighted by molar-refractivity contribution is 0.187. The van der Waals surface area contributed by atoms with E-state index in [1.807, 2.05) is 18.4 Å². The molecule has 1 aliphatic rings. The fourth-order valence-electron chi connectivity index (χ4n) is 3.22. The summed E-state index contributed by atoms with van der Waals surface area (Å²) in [5.41, 5.74) is 0.117. The monoisotopic (exact) mass is 478 g/mol. The smallest absolute Gasteiger partial charge is 0.191 e. The largest absolute Gasteiger partial charge is 0.356 e. The molecule has 6 heteroatoms. The van der Waals surface area contributed by atoms with Gasteiger partial charge < -0.3 is 15.5 Å². The van der Waals surface area contributed by atoms with Gasteiger partial charge in [0.1, 0.15) is 0 Å². The molecular formula is C19H35IN4S. The van der Waals surface area contributed by atoms with Crippen LogP contribution in [-0.2, 0) is 5.41 Å². The number of aliphatic imine (C=N–C) groups is 1. The van der Waals surface area contributed by atoms with Gasteiger partial charge in [-0.25, -0.2) is 0 Å². The molecule has 0 aromatic carbocycles. The lowest BCUT2D eigenvalue weighted by atomic mass is 9.91. The zero-order valence-corrected chi connectivity index (χ0v) is 19.5. The van der Waals surface area contributed by atoms with Crippen molar-refractivity contribution in [3.8, 4) is 0 Å². The van der Waals surface area contributed by atoms with Crippen molar-refractivity contribution >= 4 is 41.3 Å². The molecule has 0 aliphatic carbocycles. The molecule has 1 aliphatic heterocycles. The van der Waals surface area contributed by atoms with E-state index in [0.717, 1.165) is 18.4 Å². The first-order valence-corrected chi connectivity index (χ1v) is 10.0. The molecule has 0 atom stereocenters. The first-order valence-electron chi connectivity index (χ1n) is 9.14. The highest BCUT2D eigenvalue weighted by Crippen LogP contribution is 2.26. The van der Waals surface area contributed by atoms with Gasteiger partial charge in [-0.3, -0.25) is 4.99 Å². The van der Waals surface area contributed by atoms with Gasteiger partial charge in [-0.05, 0) is 30.2 Å². The maximum absolute atomic E-state index is 4.42. The van der Waals surface area contributed by atoms with E-state index in [9.17, 15) is 0 Å². The number of nitrogens with one attached hydrogen (secondary N) is 2. The van der Waals surface area contributed by atoms with Crippen LogP contribution in [0.5, 0.6) is 0 Å². The van der Waals surface area contributed by atoms with Crippen molar-refractivity contribution < 1.29 is 0 Å². The number of piperidine rings is 1. The van der Waals surface area contributed by atoms with E-state index < -0.39 is 0 Å². The van der Waals surface area contributed by atoms with E-state index in [1.54, 1.807) is 0 Å². The lowest BCUT2D eigenvalue weighted by Gasteiger charge is -2.34. The Hall–Kier alpha value is -0.340. The number of rotatable bonds is 6. The van der Waals surface area contributed by atoms with Crippen molar-refractivity contribution in [2.24, 2.45) is 10.9 Å². The fraction of sp³-hybridized carbons (Fsp3) is 0.737.